The van der Waals surface area contributed by atoms with Crippen LogP contribution in [-0.2, 0) is 11.2 Å². The number of carbonyl (C=O) groups is 1. The highest BCUT2D eigenvalue weighted by Crippen LogP contribution is 2.08. The first-order valence-corrected chi connectivity index (χ1v) is 5.28. The van der Waals surface area contributed by atoms with Crippen LogP contribution in [0.5, 0.6) is 0 Å². The topological polar surface area (TPSA) is 42.0 Å². The number of rotatable bonds is 5. The molecular formula is C10H13BrN2O. The predicted octanol–water partition coefficient (Wildman–Crippen LogP) is 1.57. The van der Waals surface area contributed by atoms with Gasteiger partial charge >= 0.3 is 0 Å². The van der Waals surface area contributed by atoms with Gasteiger partial charge in [0.05, 0.1) is 0 Å². The molecule has 1 aromatic rings. The Morgan fingerprint density at radius 2 is 2.36 bits per heavy atom. The lowest BCUT2D eigenvalue weighted by molar-refractivity contribution is -0.118. The summed E-state index contributed by atoms with van der Waals surface area (Å²) in [6.45, 7) is 0.732. The molecule has 0 spiro atoms. The summed E-state index contributed by atoms with van der Waals surface area (Å²) in [6, 6.07) is 3.76. The lowest BCUT2D eigenvalue weighted by atomic mass is 10.1. The first-order chi connectivity index (χ1) is 6.72. The van der Waals surface area contributed by atoms with E-state index in [9.17, 15) is 4.79 Å². The van der Waals surface area contributed by atoms with E-state index < -0.39 is 0 Å². The zero-order valence-electron chi connectivity index (χ0n) is 8.09. The zero-order chi connectivity index (χ0) is 10.4. The fourth-order valence-electron chi connectivity index (χ4n) is 1.07. The van der Waals surface area contributed by atoms with Crippen molar-refractivity contribution in [3.05, 3.63) is 28.5 Å². The molecule has 3 nitrogen and oxygen atoms in total. The molecule has 1 aromatic heterocycles. The summed E-state index contributed by atoms with van der Waals surface area (Å²) in [5.74, 6) is 0.217. The monoisotopic (exact) mass is 256 g/mol. The second-order valence-corrected chi connectivity index (χ2v) is 3.95. The molecule has 0 aliphatic carbocycles. The third kappa shape index (κ3) is 3.98. The third-order valence-electron chi connectivity index (χ3n) is 1.82. The van der Waals surface area contributed by atoms with Crippen molar-refractivity contribution in [1.29, 1.82) is 0 Å². The van der Waals surface area contributed by atoms with Gasteiger partial charge in [0.2, 0.25) is 0 Å². The number of aromatic nitrogens is 1. The number of halogens is 1. The van der Waals surface area contributed by atoms with E-state index in [2.05, 4.69) is 26.2 Å². The Balaban J connectivity index is 2.44. The summed E-state index contributed by atoms with van der Waals surface area (Å²) >= 11 is 3.30. The quantitative estimate of drug-likeness (QED) is 0.870. The van der Waals surface area contributed by atoms with E-state index >= 15 is 0 Å². The van der Waals surface area contributed by atoms with E-state index in [1.54, 1.807) is 6.20 Å². The minimum atomic E-state index is 0.217. The van der Waals surface area contributed by atoms with Gasteiger partial charge in [-0.3, -0.25) is 9.78 Å². The SMILES string of the molecule is CNCCC(=O)Cc1ccc(Br)cn1. The van der Waals surface area contributed by atoms with Crippen molar-refractivity contribution in [2.45, 2.75) is 12.8 Å². The molecule has 76 valence electrons. The second kappa shape index (κ2) is 5.88. The molecule has 0 unspecified atom stereocenters. The Bertz CT molecular complexity index is 297. The summed E-state index contributed by atoms with van der Waals surface area (Å²) in [7, 11) is 1.84. The minimum Gasteiger partial charge on any atom is -0.319 e. The Morgan fingerprint density at radius 3 is 2.93 bits per heavy atom. The maximum absolute atomic E-state index is 11.4. The molecule has 1 heterocycles. The Hall–Kier alpha value is -0.740. The number of nitrogens with one attached hydrogen (secondary N) is 1. The molecule has 0 radical (unpaired) electrons. The van der Waals surface area contributed by atoms with Gasteiger partial charge in [-0.05, 0) is 35.1 Å². The summed E-state index contributed by atoms with van der Waals surface area (Å²) in [5.41, 5.74) is 0.828. The van der Waals surface area contributed by atoms with E-state index in [0.717, 1.165) is 16.7 Å². The summed E-state index contributed by atoms with van der Waals surface area (Å²) in [6.07, 6.45) is 2.70. The van der Waals surface area contributed by atoms with Gasteiger partial charge in [0.25, 0.3) is 0 Å². The van der Waals surface area contributed by atoms with Crippen LogP contribution in [0, 0.1) is 0 Å². The second-order valence-electron chi connectivity index (χ2n) is 3.04. The molecule has 0 amide bonds. The maximum Gasteiger partial charge on any atom is 0.140 e. The Kier molecular flexibility index (Phi) is 4.76. The molecule has 0 fully saturated rings. The van der Waals surface area contributed by atoms with Crippen LogP contribution in [0.1, 0.15) is 12.1 Å². The molecule has 0 aliphatic rings. The molecule has 14 heavy (non-hydrogen) atoms. The van der Waals surface area contributed by atoms with Crippen molar-refractivity contribution in [3.63, 3.8) is 0 Å². The molecule has 1 rings (SSSR count). The van der Waals surface area contributed by atoms with Crippen LogP contribution in [0.3, 0.4) is 0 Å². The van der Waals surface area contributed by atoms with Crippen molar-refractivity contribution >= 4 is 21.7 Å². The van der Waals surface area contributed by atoms with E-state index in [0.29, 0.717) is 12.8 Å². The number of ketones is 1. The number of nitrogens with zero attached hydrogens (tertiary/aromatic N) is 1. The normalized spacial score (nSPS) is 10.1. The predicted molar refractivity (Wildman–Crippen MR) is 59.2 cm³/mol. The van der Waals surface area contributed by atoms with Gasteiger partial charge in [-0.1, -0.05) is 0 Å². The molecular weight excluding hydrogens is 244 g/mol. The van der Waals surface area contributed by atoms with Crippen molar-refractivity contribution < 1.29 is 4.79 Å². The first kappa shape index (κ1) is 11.3. The van der Waals surface area contributed by atoms with E-state index in [-0.39, 0.29) is 5.78 Å². The fraction of sp³-hybridized carbons (Fsp3) is 0.400. The largest absolute Gasteiger partial charge is 0.319 e. The van der Waals surface area contributed by atoms with Gasteiger partial charge in [0.1, 0.15) is 5.78 Å². The van der Waals surface area contributed by atoms with Crippen LogP contribution in [0.4, 0.5) is 0 Å². The van der Waals surface area contributed by atoms with Crippen LogP contribution >= 0.6 is 15.9 Å². The maximum atomic E-state index is 11.4. The zero-order valence-corrected chi connectivity index (χ0v) is 9.67. The first-order valence-electron chi connectivity index (χ1n) is 4.49. The molecule has 0 bridgehead atoms. The highest BCUT2D eigenvalue weighted by Gasteiger charge is 2.03. The Labute approximate surface area is 92.1 Å². The van der Waals surface area contributed by atoms with Crippen LogP contribution in [0.2, 0.25) is 0 Å². The molecule has 0 saturated heterocycles. The van der Waals surface area contributed by atoms with Gasteiger partial charge in [-0.25, -0.2) is 0 Å². The molecule has 0 saturated carbocycles. The number of carbonyl (C=O) groups excluding carboxylic acids is 1. The standard InChI is InChI=1S/C10H13BrN2O/c1-12-5-4-10(14)6-9-3-2-8(11)7-13-9/h2-3,7,12H,4-6H2,1H3. The molecule has 0 atom stereocenters. The lowest BCUT2D eigenvalue weighted by Gasteiger charge is -2.00. The minimum absolute atomic E-state index is 0.217. The van der Waals surface area contributed by atoms with Gasteiger partial charge in [0.15, 0.2) is 0 Å². The number of Topliss-reactive ketones (excluding diaryl/α,β-unsaturated/α-hetero) is 1. The van der Waals surface area contributed by atoms with Crippen LogP contribution < -0.4 is 5.32 Å². The number of hydrogen-bond acceptors (Lipinski definition) is 3. The fourth-order valence-corrected chi connectivity index (χ4v) is 1.30. The van der Waals surface area contributed by atoms with Crippen molar-refractivity contribution in [2.75, 3.05) is 13.6 Å². The van der Waals surface area contributed by atoms with Gasteiger partial charge in [0, 0.05) is 35.7 Å². The summed E-state index contributed by atoms with van der Waals surface area (Å²) < 4.78 is 0.934. The molecule has 0 aromatic carbocycles. The van der Waals surface area contributed by atoms with Crippen molar-refractivity contribution in [3.8, 4) is 0 Å². The third-order valence-corrected chi connectivity index (χ3v) is 2.29. The van der Waals surface area contributed by atoms with E-state index in [4.69, 9.17) is 0 Å². The van der Waals surface area contributed by atoms with E-state index in [1.807, 2.05) is 19.2 Å². The number of hydrogen-bond donors (Lipinski definition) is 1. The number of pyridine rings is 1. The van der Waals surface area contributed by atoms with Crippen LogP contribution in [-0.4, -0.2) is 24.4 Å². The highest BCUT2D eigenvalue weighted by atomic mass is 79.9. The van der Waals surface area contributed by atoms with Crippen molar-refractivity contribution in [2.24, 2.45) is 0 Å². The molecule has 4 heteroatoms. The average Bonchev–Trinajstić information content (AvgIpc) is 2.18. The van der Waals surface area contributed by atoms with E-state index in [1.165, 1.54) is 0 Å². The van der Waals surface area contributed by atoms with Gasteiger partial charge < -0.3 is 5.32 Å². The molecule has 1 N–H and O–H groups in total. The van der Waals surface area contributed by atoms with Crippen LogP contribution in [0.25, 0.3) is 0 Å². The smallest absolute Gasteiger partial charge is 0.140 e. The Morgan fingerprint density at radius 1 is 1.57 bits per heavy atom. The van der Waals surface area contributed by atoms with Gasteiger partial charge in [-0.15, -0.1) is 0 Å². The average molecular weight is 257 g/mol. The van der Waals surface area contributed by atoms with Crippen LogP contribution in [0.15, 0.2) is 22.8 Å². The summed E-state index contributed by atoms with van der Waals surface area (Å²) in [5, 5.41) is 2.94. The highest BCUT2D eigenvalue weighted by molar-refractivity contribution is 9.10. The van der Waals surface area contributed by atoms with Gasteiger partial charge in [-0.2, -0.15) is 0 Å². The summed E-state index contributed by atoms with van der Waals surface area (Å²) in [4.78, 5) is 15.5. The van der Waals surface area contributed by atoms with Crippen molar-refractivity contribution in [1.82, 2.24) is 10.3 Å². The lowest BCUT2D eigenvalue weighted by Crippen LogP contribution is -2.14. The molecule has 0 aliphatic heterocycles.